The Kier molecular flexibility index (Phi) is 4.04. The van der Waals surface area contributed by atoms with E-state index in [4.69, 9.17) is 0 Å². The SMILES string of the molecule is Cc1nc2cc(C(=O)N3CCCC(C)C3)ccc2n1-c1ccccc1. The molecule has 1 fully saturated rings. The zero-order valence-electron chi connectivity index (χ0n) is 14.8. The number of likely N-dealkylation sites (tertiary alicyclic amines) is 1. The van der Waals surface area contributed by atoms with Gasteiger partial charge in [0.1, 0.15) is 5.82 Å². The Morgan fingerprint density at radius 1 is 1.16 bits per heavy atom. The Labute approximate surface area is 148 Å². The Bertz CT molecular complexity index is 914. The molecule has 0 radical (unpaired) electrons. The summed E-state index contributed by atoms with van der Waals surface area (Å²) >= 11 is 0. The van der Waals surface area contributed by atoms with E-state index in [1.807, 2.05) is 48.2 Å². The molecule has 2 heterocycles. The first-order valence-electron chi connectivity index (χ1n) is 8.97. The van der Waals surface area contributed by atoms with Crippen LogP contribution >= 0.6 is 0 Å². The lowest BCUT2D eigenvalue weighted by atomic mass is 9.99. The van der Waals surface area contributed by atoms with Gasteiger partial charge in [0.15, 0.2) is 0 Å². The molecule has 0 spiro atoms. The van der Waals surface area contributed by atoms with Crippen LogP contribution in [-0.4, -0.2) is 33.4 Å². The molecular weight excluding hydrogens is 310 g/mol. The first-order valence-corrected chi connectivity index (χ1v) is 8.97. The summed E-state index contributed by atoms with van der Waals surface area (Å²) in [7, 11) is 0. The highest BCUT2D eigenvalue weighted by atomic mass is 16.2. The van der Waals surface area contributed by atoms with Crippen LogP contribution in [0.4, 0.5) is 0 Å². The lowest BCUT2D eigenvalue weighted by molar-refractivity contribution is 0.0683. The van der Waals surface area contributed by atoms with Gasteiger partial charge < -0.3 is 4.90 Å². The normalized spacial score (nSPS) is 17.8. The maximum atomic E-state index is 12.8. The molecule has 0 N–H and O–H groups in total. The van der Waals surface area contributed by atoms with Crippen molar-refractivity contribution in [2.45, 2.75) is 26.7 Å². The number of amides is 1. The average molecular weight is 333 g/mol. The highest BCUT2D eigenvalue weighted by Crippen LogP contribution is 2.24. The second kappa shape index (κ2) is 6.36. The number of hydrogen-bond acceptors (Lipinski definition) is 2. The number of hydrogen-bond donors (Lipinski definition) is 0. The quantitative estimate of drug-likeness (QED) is 0.705. The molecular formula is C21H23N3O. The van der Waals surface area contributed by atoms with Gasteiger partial charge in [-0.05, 0) is 56.0 Å². The molecule has 1 saturated heterocycles. The molecule has 0 aliphatic carbocycles. The van der Waals surface area contributed by atoms with Gasteiger partial charge >= 0.3 is 0 Å². The summed E-state index contributed by atoms with van der Waals surface area (Å²) in [5.74, 6) is 1.64. The van der Waals surface area contributed by atoms with Crippen molar-refractivity contribution in [3.63, 3.8) is 0 Å². The Morgan fingerprint density at radius 3 is 2.72 bits per heavy atom. The fraction of sp³-hybridized carbons (Fsp3) is 0.333. The lowest BCUT2D eigenvalue weighted by Gasteiger charge is -2.31. The van der Waals surface area contributed by atoms with Crippen LogP contribution in [0.25, 0.3) is 16.7 Å². The summed E-state index contributed by atoms with van der Waals surface area (Å²) < 4.78 is 2.13. The number of aryl methyl sites for hydroxylation is 1. The molecule has 4 heteroatoms. The summed E-state index contributed by atoms with van der Waals surface area (Å²) in [4.78, 5) is 19.5. The Balaban J connectivity index is 1.71. The van der Waals surface area contributed by atoms with E-state index < -0.39 is 0 Å². The number of para-hydroxylation sites is 1. The van der Waals surface area contributed by atoms with E-state index in [0.717, 1.165) is 47.6 Å². The number of carbonyl (C=O) groups excluding carboxylic acids is 1. The molecule has 128 valence electrons. The molecule has 1 unspecified atom stereocenters. The average Bonchev–Trinajstić information content (AvgIpc) is 2.96. The maximum Gasteiger partial charge on any atom is 0.253 e. The zero-order chi connectivity index (χ0) is 17.4. The summed E-state index contributed by atoms with van der Waals surface area (Å²) in [5, 5.41) is 0. The predicted molar refractivity (Wildman–Crippen MR) is 100 cm³/mol. The summed E-state index contributed by atoms with van der Waals surface area (Å²) in [5.41, 5.74) is 3.73. The first-order chi connectivity index (χ1) is 12.1. The second-order valence-corrected chi connectivity index (χ2v) is 7.03. The number of fused-ring (bicyclic) bond motifs is 1. The van der Waals surface area contributed by atoms with Crippen molar-refractivity contribution in [3.8, 4) is 5.69 Å². The van der Waals surface area contributed by atoms with E-state index >= 15 is 0 Å². The molecule has 1 amide bonds. The van der Waals surface area contributed by atoms with Crippen molar-refractivity contribution in [3.05, 3.63) is 59.9 Å². The van der Waals surface area contributed by atoms with Gasteiger partial charge in [-0.25, -0.2) is 4.98 Å². The summed E-state index contributed by atoms with van der Waals surface area (Å²) in [6, 6.07) is 16.1. The van der Waals surface area contributed by atoms with E-state index in [1.165, 1.54) is 6.42 Å². The van der Waals surface area contributed by atoms with E-state index in [2.05, 4.69) is 28.6 Å². The number of rotatable bonds is 2. The van der Waals surface area contributed by atoms with Crippen LogP contribution in [0, 0.1) is 12.8 Å². The maximum absolute atomic E-state index is 12.8. The fourth-order valence-corrected chi connectivity index (χ4v) is 3.79. The van der Waals surface area contributed by atoms with Crippen LogP contribution in [0.5, 0.6) is 0 Å². The molecule has 2 aromatic carbocycles. The molecule has 4 rings (SSSR count). The van der Waals surface area contributed by atoms with Gasteiger partial charge in [0.05, 0.1) is 11.0 Å². The van der Waals surface area contributed by atoms with Gasteiger partial charge in [-0.1, -0.05) is 25.1 Å². The van der Waals surface area contributed by atoms with Gasteiger partial charge in [0.25, 0.3) is 5.91 Å². The minimum atomic E-state index is 0.125. The van der Waals surface area contributed by atoms with Crippen molar-refractivity contribution in [1.29, 1.82) is 0 Å². The third-order valence-corrected chi connectivity index (χ3v) is 5.03. The van der Waals surface area contributed by atoms with E-state index in [9.17, 15) is 4.79 Å². The molecule has 0 bridgehead atoms. The lowest BCUT2D eigenvalue weighted by Crippen LogP contribution is -2.39. The second-order valence-electron chi connectivity index (χ2n) is 7.03. The predicted octanol–water partition coefficient (Wildman–Crippen LogP) is 4.21. The van der Waals surface area contributed by atoms with Crippen molar-refractivity contribution in [2.24, 2.45) is 5.92 Å². The molecule has 1 aliphatic rings. The molecule has 1 aliphatic heterocycles. The van der Waals surface area contributed by atoms with Crippen molar-refractivity contribution in [2.75, 3.05) is 13.1 Å². The largest absolute Gasteiger partial charge is 0.338 e. The standard InChI is InChI=1S/C21H23N3O/c1-15-7-6-12-23(14-15)21(25)17-10-11-20-19(13-17)22-16(2)24(20)18-8-4-3-5-9-18/h3-5,8-11,13,15H,6-7,12,14H2,1-2H3. The molecule has 25 heavy (non-hydrogen) atoms. The molecule has 0 saturated carbocycles. The van der Waals surface area contributed by atoms with Crippen molar-refractivity contribution < 1.29 is 4.79 Å². The monoisotopic (exact) mass is 333 g/mol. The molecule has 4 nitrogen and oxygen atoms in total. The van der Waals surface area contributed by atoms with Crippen LogP contribution in [0.1, 0.15) is 35.9 Å². The van der Waals surface area contributed by atoms with Gasteiger partial charge in [-0.15, -0.1) is 0 Å². The van der Waals surface area contributed by atoms with Crippen LogP contribution in [0.2, 0.25) is 0 Å². The first kappa shape index (κ1) is 15.9. The topological polar surface area (TPSA) is 38.1 Å². The summed E-state index contributed by atoms with van der Waals surface area (Å²) in [6.45, 7) is 5.93. The summed E-state index contributed by atoms with van der Waals surface area (Å²) in [6.07, 6.45) is 2.31. The Morgan fingerprint density at radius 2 is 1.96 bits per heavy atom. The number of imidazole rings is 1. The number of aromatic nitrogens is 2. The Hall–Kier alpha value is -2.62. The minimum absolute atomic E-state index is 0.125. The van der Waals surface area contributed by atoms with E-state index in [1.54, 1.807) is 0 Å². The molecule has 1 atom stereocenters. The van der Waals surface area contributed by atoms with Crippen LogP contribution < -0.4 is 0 Å². The molecule has 3 aromatic rings. The van der Waals surface area contributed by atoms with Gasteiger partial charge in [0, 0.05) is 24.3 Å². The smallest absolute Gasteiger partial charge is 0.253 e. The highest BCUT2D eigenvalue weighted by Gasteiger charge is 2.22. The van der Waals surface area contributed by atoms with Gasteiger partial charge in [-0.3, -0.25) is 9.36 Å². The van der Waals surface area contributed by atoms with Gasteiger partial charge in [-0.2, -0.15) is 0 Å². The minimum Gasteiger partial charge on any atom is -0.338 e. The molecule has 1 aromatic heterocycles. The van der Waals surface area contributed by atoms with E-state index in [-0.39, 0.29) is 5.91 Å². The fourth-order valence-electron chi connectivity index (χ4n) is 3.79. The number of nitrogens with zero attached hydrogens (tertiary/aromatic N) is 3. The van der Waals surface area contributed by atoms with Crippen LogP contribution in [0.15, 0.2) is 48.5 Å². The number of piperidine rings is 1. The van der Waals surface area contributed by atoms with Crippen LogP contribution in [0.3, 0.4) is 0 Å². The van der Waals surface area contributed by atoms with Crippen LogP contribution in [-0.2, 0) is 0 Å². The van der Waals surface area contributed by atoms with Gasteiger partial charge in [0.2, 0.25) is 0 Å². The number of carbonyl (C=O) groups is 1. The highest BCUT2D eigenvalue weighted by molar-refractivity contribution is 5.97. The van der Waals surface area contributed by atoms with E-state index in [0.29, 0.717) is 5.92 Å². The third-order valence-electron chi connectivity index (χ3n) is 5.03. The zero-order valence-corrected chi connectivity index (χ0v) is 14.8. The van der Waals surface area contributed by atoms with Crippen molar-refractivity contribution >= 4 is 16.9 Å². The number of benzene rings is 2. The third kappa shape index (κ3) is 2.93. The van der Waals surface area contributed by atoms with Crippen molar-refractivity contribution in [1.82, 2.24) is 14.5 Å².